The van der Waals surface area contributed by atoms with Crippen molar-refractivity contribution in [2.45, 2.75) is 55.3 Å². The molecule has 0 atom stereocenters. The van der Waals surface area contributed by atoms with Gasteiger partial charge in [-0.25, -0.2) is 8.78 Å². The van der Waals surface area contributed by atoms with Crippen molar-refractivity contribution in [2.75, 3.05) is 5.33 Å². The highest BCUT2D eigenvalue weighted by atomic mass is 79.9. The molecule has 0 fully saturated rings. The summed E-state index contributed by atoms with van der Waals surface area (Å²) in [7, 11) is 0. The zero-order valence-corrected chi connectivity index (χ0v) is 14.4. The molecule has 0 aromatic carbocycles. The van der Waals surface area contributed by atoms with Crippen molar-refractivity contribution in [3.8, 4) is 0 Å². The lowest BCUT2D eigenvalue weighted by atomic mass is 9.99. The summed E-state index contributed by atoms with van der Waals surface area (Å²) in [6.07, 6.45) is -27.6. The fraction of sp³-hybridized carbons (Fsp3) is 0.833. The van der Waals surface area contributed by atoms with Gasteiger partial charge in [0.1, 0.15) is 0 Å². The zero-order chi connectivity index (χ0) is 22.5. The van der Waals surface area contributed by atoms with Crippen molar-refractivity contribution in [3.05, 3.63) is 12.7 Å². The average molecular weight is 501 g/mol. The van der Waals surface area contributed by atoms with Crippen LogP contribution >= 0.6 is 15.9 Å². The van der Waals surface area contributed by atoms with Gasteiger partial charge < -0.3 is 0 Å². The summed E-state index contributed by atoms with van der Waals surface area (Å²) in [6.45, 7) is 2.63. The van der Waals surface area contributed by atoms with Crippen molar-refractivity contribution < 1.29 is 61.5 Å². The third-order valence-electron chi connectivity index (χ3n) is 2.88. The predicted octanol–water partition coefficient (Wildman–Crippen LogP) is 7.39. The minimum Gasteiger partial charge on any atom is -0.224 e. The van der Waals surface area contributed by atoms with E-state index in [2.05, 4.69) is 22.5 Å². The fourth-order valence-electron chi connectivity index (χ4n) is 1.35. The molecule has 0 aliphatic carbocycles. The summed E-state index contributed by atoms with van der Waals surface area (Å²) in [6, 6.07) is 0. The van der Waals surface area contributed by atoms with Gasteiger partial charge in [0.05, 0.1) is 0 Å². The Morgan fingerprint density at radius 1 is 0.593 bits per heavy atom. The Balaban J connectivity index is 0. The van der Waals surface area contributed by atoms with Crippen LogP contribution < -0.4 is 0 Å². The molecule has 0 radical (unpaired) electrons. The van der Waals surface area contributed by atoms with Crippen LogP contribution in [-0.2, 0) is 0 Å². The standard InChI is InChI=1S/C6H6BrF7.C6H5F7/c7-3-1-2-4(8,5(9,10)11)6(12,13)14;1-2-3-4(7,5(8,9)10)6(11,12)13/h1-3H2;2H,1,3H2. The van der Waals surface area contributed by atoms with E-state index in [-0.39, 0.29) is 11.4 Å². The minimum absolute atomic E-state index is 0.120. The van der Waals surface area contributed by atoms with Crippen molar-refractivity contribution in [3.63, 3.8) is 0 Å². The summed E-state index contributed by atoms with van der Waals surface area (Å²) < 4.78 is 166. The van der Waals surface area contributed by atoms with Crippen LogP contribution in [0.25, 0.3) is 0 Å². The fourth-order valence-corrected chi connectivity index (χ4v) is 1.63. The Kier molecular flexibility index (Phi) is 9.65. The Morgan fingerprint density at radius 3 is 1.04 bits per heavy atom. The molecule has 0 nitrogen and oxygen atoms in total. The molecule has 0 saturated heterocycles. The van der Waals surface area contributed by atoms with Crippen molar-refractivity contribution in [1.29, 1.82) is 0 Å². The van der Waals surface area contributed by atoms with Gasteiger partial charge in [0.15, 0.2) is 0 Å². The molecule has 0 spiro atoms. The Bertz CT molecular complexity index is 427. The molecule has 0 N–H and O–H groups in total. The lowest BCUT2D eigenvalue weighted by Gasteiger charge is -2.29. The highest BCUT2D eigenvalue weighted by Crippen LogP contribution is 2.49. The first-order valence-electron chi connectivity index (χ1n) is 6.44. The van der Waals surface area contributed by atoms with Gasteiger partial charge in [0, 0.05) is 18.2 Å². The second-order valence-corrected chi connectivity index (χ2v) is 5.67. The van der Waals surface area contributed by atoms with Crippen LogP contribution in [0, 0.1) is 0 Å². The van der Waals surface area contributed by atoms with Gasteiger partial charge in [-0.15, -0.1) is 6.58 Å². The monoisotopic (exact) mass is 500 g/mol. The van der Waals surface area contributed by atoms with Crippen LogP contribution in [0.1, 0.15) is 19.3 Å². The van der Waals surface area contributed by atoms with Gasteiger partial charge in [-0.05, 0) is 6.42 Å². The van der Waals surface area contributed by atoms with Crippen LogP contribution in [0.4, 0.5) is 61.5 Å². The molecule has 0 unspecified atom stereocenters. The second-order valence-electron chi connectivity index (χ2n) is 4.88. The zero-order valence-electron chi connectivity index (χ0n) is 12.8. The van der Waals surface area contributed by atoms with Crippen LogP contribution in [0.15, 0.2) is 12.7 Å². The van der Waals surface area contributed by atoms with Gasteiger partial charge in [-0.2, -0.15) is 52.7 Å². The van der Waals surface area contributed by atoms with E-state index in [1.165, 1.54) is 0 Å². The molecule has 0 aromatic rings. The lowest BCUT2D eigenvalue weighted by molar-refractivity contribution is -0.343. The van der Waals surface area contributed by atoms with E-state index in [0.717, 1.165) is 0 Å². The van der Waals surface area contributed by atoms with Gasteiger partial charge in [-0.1, -0.05) is 22.0 Å². The molecule has 27 heavy (non-hydrogen) atoms. The molecule has 0 aliphatic heterocycles. The Morgan fingerprint density at radius 2 is 0.889 bits per heavy atom. The van der Waals surface area contributed by atoms with Gasteiger partial charge >= 0.3 is 30.4 Å². The molecule has 0 aliphatic rings. The van der Waals surface area contributed by atoms with Crippen LogP contribution in [0.3, 0.4) is 0 Å². The maximum absolute atomic E-state index is 12.7. The SMILES string of the molecule is C=CCC(F)(C(F)(F)F)C(F)(F)F.FC(F)(F)C(F)(CCCBr)C(F)(F)F. The third kappa shape index (κ3) is 6.97. The molecular formula is C12H11BrF14. The number of alkyl halides is 15. The van der Waals surface area contributed by atoms with Gasteiger partial charge in [0.2, 0.25) is 0 Å². The molecule has 0 rings (SSSR count). The minimum atomic E-state index is -5.97. The molecule has 0 aromatic heterocycles. The molecule has 0 heterocycles. The molecular weight excluding hydrogens is 490 g/mol. The van der Waals surface area contributed by atoms with Crippen LogP contribution in [-0.4, -0.2) is 41.4 Å². The maximum atomic E-state index is 12.7. The molecule has 164 valence electrons. The van der Waals surface area contributed by atoms with E-state index in [4.69, 9.17) is 0 Å². The average Bonchev–Trinajstić information content (AvgIpc) is 2.40. The lowest BCUT2D eigenvalue weighted by Crippen LogP contribution is -2.53. The number of hydrogen-bond donors (Lipinski definition) is 0. The summed E-state index contributed by atoms with van der Waals surface area (Å²) in [4.78, 5) is 0. The van der Waals surface area contributed by atoms with E-state index >= 15 is 0 Å². The number of hydrogen-bond acceptors (Lipinski definition) is 0. The normalized spacial score (nSPS) is 14.5. The summed E-state index contributed by atoms with van der Waals surface area (Å²) in [5, 5.41) is -0.120. The Hall–Kier alpha value is -0.760. The first kappa shape index (κ1) is 28.4. The van der Waals surface area contributed by atoms with Crippen LogP contribution in [0.5, 0.6) is 0 Å². The van der Waals surface area contributed by atoms with Gasteiger partial charge in [0.25, 0.3) is 5.67 Å². The topological polar surface area (TPSA) is 0 Å². The number of halogens is 15. The molecule has 15 heteroatoms. The van der Waals surface area contributed by atoms with Gasteiger partial charge in [-0.3, -0.25) is 0 Å². The van der Waals surface area contributed by atoms with Crippen molar-refractivity contribution in [2.24, 2.45) is 0 Å². The summed E-state index contributed by atoms with van der Waals surface area (Å²) in [5.41, 5.74) is -10.3. The van der Waals surface area contributed by atoms with Crippen LogP contribution in [0.2, 0.25) is 0 Å². The van der Waals surface area contributed by atoms with E-state index < -0.39 is 55.3 Å². The van der Waals surface area contributed by atoms with Crippen molar-refractivity contribution in [1.82, 2.24) is 0 Å². The summed E-state index contributed by atoms with van der Waals surface area (Å²) >= 11 is 2.63. The quantitative estimate of drug-likeness (QED) is 0.210. The third-order valence-corrected chi connectivity index (χ3v) is 3.44. The maximum Gasteiger partial charge on any atom is 0.431 e. The number of allylic oxidation sites excluding steroid dienone is 1. The van der Waals surface area contributed by atoms with Crippen molar-refractivity contribution >= 4 is 15.9 Å². The first-order chi connectivity index (χ1) is 11.6. The molecule has 0 bridgehead atoms. The largest absolute Gasteiger partial charge is 0.431 e. The number of rotatable bonds is 5. The second kappa shape index (κ2) is 9.16. The Labute approximate surface area is 151 Å². The predicted molar refractivity (Wildman–Crippen MR) is 69.7 cm³/mol. The highest BCUT2D eigenvalue weighted by Gasteiger charge is 2.72. The molecule has 0 amide bonds. The smallest absolute Gasteiger partial charge is 0.224 e. The highest BCUT2D eigenvalue weighted by molar-refractivity contribution is 9.09. The van der Waals surface area contributed by atoms with E-state index in [1.807, 2.05) is 0 Å². The van der Waals surface area contributed by atoms with E-state index in [1.54, 1.807) is 0 Å². The molecule has 0 saturated carbocycles. The van der Waals surface area contributed by atoms with E-state index in [0.29, 0.717) is 0 Å². The first-order valence-corrected chi connectivity index (χ1v) is 7.56. The summed E-state index contributed by atoms with van der Waals surface area (Å²) in [5.74, 6) is 0. The van der Waals surface area contributed by atoms with E-state index in [9.17, 15) is 61.5 Å².